The Labute approximate surface area is 79.0 Å². The molecule has 0 aromatic heterocycles. The molecular weight excluding hydrogens is 190 g/mol. The van der Waals surface area contributed by atoms with Crippen LogP contribution in [0.1, 0.15) is 27.2 Å². The van der Waals surface area contributed by atoms with Crippen LogP contribution in [0, 0.1) is 0 Å². The highest BCUT2D eigenvalue weighted by atomic mass is 32.2. The average Bonchev–Trinajstić information content (AvgIpc) is 2.29. The largest absolute Gasteiger partial charge is 0.298 e. The molecule has 0 amide bonds. The number of carbonyl (C=O) groups is 1. The Balaban J connectivity index is 3.02. The Bertz CT molecular complexity index is 318. The molecule has 1 saturated heterocycles. The zero-order chi connectivity index (χ0) is 10.3. The summed E-state index contributed by atoms with van der Waals surface area (Å²) in [7, 11) is -3.18. The van der Waals surface area contributed by atoms with Crippen molar-refractivity contribution >= 4 is 15.8 Å². The molecule has 1 aliphatic rings. The van der Waals surface area contributed by atoms with Gasteiger partial charge in [0.2, 0.25) is 10.0 Å². The summed E-state index contributed by atoms with van der Waals surface area (Å²) in [6.45, 7) is 5.19. The summed E-state index contributed by atoms with van der Waals surface area (Å²) in [6.07, 6.45) is 0.624. The summed E-state index contributed by atoms with van der Waals surface area (Å²) in [5.41, 5.74) is -0.880. The summed E-state index contributed by atoms with van der Waals surface area (Å²) >= 11 is 0. The number of hydrogen-bond acceptors (Lipinski definition) is 3. The summed E-state index contributed by atoms with van der Waals surface area (Å²) in [6, 6.07) is 0. The molecule has 1 rings (SSSR count). The van der Waals surface area contributed by atoms with E-state index in [4.69, 9.17) is 0 Å². The molecule has 0 N–H and O–H groups in total. The van der Waals surface area contributed by atoms with Crippen LogP contribution in [0.5, 0.6) is 0 Å². The fourth-order valence-corrected chi connectivity index (χ4v) is 3.39. The highest BCUT2D eigenvalue weighted by Gasteiger charge is 2.42. The van der Waals surface area contributed by atoms with Gasteiger partial charge in [0.05, 0.1) is 11.3 Å². The van der Waals surface area contributed by atoms with Crippen molar-refractivity contribution < 1.29 is 13.2 Å². The minimum absolute atomic E-state index is 0.113. The van der Waals surface area contributed by atoms with E-state index < -0.39 is 15.6 Å². The van der Waals surface area contributed by atoms with Gasteiger partial charge in [-0.1, -0.05) is 0 Å². The number of Topliss-reactive ketones (excluding diaryl/α,β-unsaturated/α-hetero) is 1. The van der Waals surface area contributed by atoms with Gasteiger partial charge in [-0.3, -0.25) is 4.79 Å². The molecule has 1 heterocycles. The molecule has 5 heteroatoms. The maximum absolute atomic E-state index is 11.5. The highest BCUT2D eigenvalue weighted by Crippen LogP contribution is 2.25. The maximum Gasteiger partial charge on any atom is 0.215 e. The van der Waals surface area contributed by atoms with E-state index in [-0.39, 0.29) is 11.5 Å². The van der Waals surface area contributed by atoms with Crippen molar-refractivity contribution in [1.29, 1.82) is 0 Å². The van der Waals surface area contributed by atoms with Crippen LogP contribution < -0.4 is 0 Å². The second-order valence-corrected chi connectivity index (χ2v) is 5.87. The fraction of sp³-hybridized carbons (Fsp3) is 0.875. The summed E-state index contributed by atoms with van der Waals surface area (Å²) in [5.74, 6) is 0.0574. The third kappa shape index (κ3) is 1.76. The molecule has 0 bridgehead atoms. The van der Waals surface area contributed by atoms with Crippen molar-refractivity contribution in [3.63, 3.8) is 0 Å². The smallest absolute Gasteiger partial charge is 0.215 e. The van der Waals surface area contributed by atoms with E-state index in [1.807, 2.05) is 0 Å². The Kier molecular flexibility index (Phi) is 2.51. The lowest BCUT2D eigenvalue weighted by Gasteiger charge is -2.31. The van der Waals surface area contributed by atoms with Crippen molar-refractivity contribution in [2.75, 3.05) is 12.3 Å². The molecule has 0 saturated carbocycles. The molecule has 0 radical (unpaired) electrons. The lowest BCUT2D eigenvalue weighted by atomic mass is 10.0. The van der Waals surface area contributed by atoms with Gasteiger partial charge < -0.3 is 0 Å². The summed E-state index contributed by atoms with van der Waals surface area (Å²) in [4.78, 5) is 11.2. The van der Waals surface area contributed by atoms with Crippen molar-refractivity contribution in [3.8, 4) is 0 Å². The molecular formula is C8H15NO3S. The number of nitrogens with zero attached hydrogens (tertiary/aromatic N) is 1. The van der Waals surface area contributed by atoms with Crippen molar-refractivity contribution in [2.45, 2.75) is 32.7 Å². The van der Waals surface area contributed by atoms with Gasteiger partial charge in [0, 0.05) is 6.54 Å². The van der Waals surface area contributed by atoms with Crippen LogP contribution in [-0.2, 0) is 14.8 Å². The van der Waals surface area contributed by atoms with Crippen LogP contribution >= 0.6 is 0 Å². The first-order valence-corrected chi connectivity index (χ1v) is 5.91. The summed E-state index contributed by atoms with van der Waals surface area (Å²) in [5, 5.41) is 0. The van der Waals surface area contributed by atoms with Gasteiger partial charge >= 0.3 is 0 Å². The zero-order valence-electron chi connectivity index (χ0n) is 8.20. The second kappa shape index (κ2) is 3.06. The molecule has 0 unspecified atom stereocenters. The normalized spacial score (nSPS) is 23.3. The minimum Gasteiger partial charge on any atom is -0.298 e. The first-order chi connectivity index (χ1) is 5.78. The zero-order valence-corrected chi connectivity index (χ0v) is 9.02. The van der Waals surface area contributed by atoms with Crippen molar-refractivity contribution in [2.24, 2.45) is 0 Å². The monoisotopic (exact) mass is 205 g/mol. The summed E-state index contributed by atoms with van der Waals surface area (Å²) < 4.78 is 24.3. The van der Waals surface area contributed by atoms with Crippen LogP contribution in [-0.4, -0.2) is 36.3 Å². The highest BCUT2D eigenvalue weighted by molar-refractivity contribution is 7.89. The Morgan fingerprint density at radius 3 is 2.23 bits per heavy atom. The molecule has 0 aromatic rings. The third-order valence-corrected chi connectivity index (χ3v) is 4.70. The van der Waals surface area contributed by atoms with Crippen molar-refractivity contribution in [1.82, 2.24) is 4.31 Å². The van der Waals surface area contributed by atoms with E-state index in [1.54, 1.807) is 13.8 Å². The predicted octanol–water partition coefficient (Wildman–Crippen LogP) is 0.390. The lowest BCUT2D eigenvalue weighted by Crippen LogP contribution is -2.49. The second-order valence-electron chi connectivity index (χ2n) is 3.86. The van der Waals surface area contributed by atoms with Crippen LogP contribution in [0.25, 0.3) is 0 Å². The van der Waals surface area contributed by atoms with Gasteiger partial charge in [-0.05, 0) is 27.2 Å². The van der Waals surface area contributed by atoms with Gasteiger partial charge in [0.25, 0.3) is 0 Å². The topological polar surface area (TPSA) is 54.5 Å². The first kappa shape index (κ1) is 10.7. The Hall–Kier alpha value is -0.420. The average molecular weight is 205 g/mol. The molecule has 4 nitrogen and oxygen atoms in total. The molecule has 13 heavy (non-hydrogen) atoms. The maximum atomic E-state index is 11.5. The number of ketones is 1. The van der Waals surface area contributed by atoms with Crippen LogP contribution in [0.15, 0.2) is 0 Å². The van der Waals surface area contributed by atoms with Gasteiger partial charge in [-0.25, -0.2) is 8.42 Å². The standard InChI is InChI=1S/C8H15NO3S/c1-7(10)8(2,3)9-5-4-6-13(9,11)12/h4-6H2,1-3H3. The first-order valence-electron chi connectivity index (χ1n) is 4.30. The number of rotatable bonds is 2. The van der Waals surface area contributed by atoms with E-state index in [0.29, 0.717) is 13.0 Å². The fourth-order valence-electron chi connectivity index (χ4n) is 1.44. The molecule has 1 aliphatic heterocycles. The SMILES string of the molecule is CC(=O)C(C)(C)N1CCCS1(=O)=O. The Morgan fingerprint density at radius 2 is 1.92 bits per heavy atom. The van der Waals surface area contributed by atoms with Crippen LogP contribution in [0.4, 0.5) is 0 Å². The van der Waals surface area contributed by atoms with Gasteiger partial charge in [-0.2, -0.15) is 4.31 Å². The molecule has 1 fully saturated rings. The third-order valence-electron chi connectivity index (χ3n) is 2.58. The van der Waals surface area contributed by atoms with Gasteiger partial charge in [-0.15, -0.1) is 0 Å². The molecule has 0 atom stereocenters. The van der Waals surface area contributed by atoms with Crippen molar-refractivity contribution in [3.05, 3.63) is 0 Å². The van der Waals surface area contributed by atoms with E-state index in [2.05, 4.69) is 0 Å². The van der Waals surface area contributed by atoms with Crippen LogP contribution in [0.2, 0.25) is 0 Å². The molecule has 0 aromatic carbocycles. The van der Waals surface area contributed by atoms with E-state index in [9.17, 15) is 13.2 Å². The molecule has 0 aliphatic carbocycles. The number of sulfonamides is 1. The van der Waals surface area contributed by atoms with E-state index >= 15 is 0 Å². The molecule has 0 spiro atoms. The van der Waals surface area contributed by atoms with Crippen LogP contribution in [0.3, 0.4) is 0 Å². The lowest BCUT2D eigenvalue weighted by molar-refractivity contribution is -0.124. The van der Waals surface area contributed by atoms with Gasteiger partial charge in [0.15, 0.2) is 0 Å². The quantitative estimate of drug-likeness (QED) is 0.655. The number of carbonyl (C=O) groups excluding carboxylic acids is 1. The van der Waals surface area contributed by atoms with E-state index in [0.717, 1.165) is 0 Å². The number of hydrogen-bond donors (Lipinski definition) is 0. The van der Waals surface area contributed by atoms with E-state index in [1.165, 1.54) is 11.2 Å². The minimum atomic E-state index is -3.18. The molecule has 76 valence electrons. The predicted molar refractivity (Wildman–Crippen MR) is 49.9 cm³/mol. The Morgan fingerprint density at radius 1 is 1.38 bits per heavy atom. The van der Waals surface area contributed by atoms with Gasteiger partial charge in [0.1, 0.15) is 5.78 Å².